The maximum atomic E-state index is 12.2. The molecule has 0 aliphatic carbocycles. The average molecular weight is 381 g/mol. The number of likely N-dealkylation sites (tertiary alicyclic amines) is 1. The normalized spacial score (nSPS) is 15.6. The second kappa shape index (κ2) is 7.81. The minimum absolute atomic E-state index is 0.248. The van der Waals surface area contributed by atoms with E-state index < -0.39 is 11.8 Å². The third-order valence-corrected chi connectivity index (χ3v) is 5.14. The van der Waals surface area contributed by atoms with Gasteiger partial charge in [0, 0.05) is 18.1 Å². The first-order valence-corrected chi connectivity index (χ1v) is 9.33. The smallest absolute Gasteiger partial charge is 0.313 e. The highest BCUT2D eigenvalue weighted by atomic mass is 16.2. The van der Waals surface area contributed by atoms with Crippen molar-refractivity contribution in [1.82, 2.24) is 30.2 Å². The monoisotopic (exact) mass is 381 g/mol. The summed E-state index contributed by atoms with van der Waals surface area (Å²) in [5, 5.41) is 17.4. The van der Waals surface area contributed by atoms with E-state index >= 15 is 0 Å². The van der Waals surface area contributed by atoms with Gasteiger partial charge in [0.1, 0.15) is 0 Å². The summed E-state index contributed by atoms with van der Waals surface area (Å²) < 4.78 is 1.88. The topological polar surface area (TPSA) is 108 Å². The minimum atomic E-state index is -0.706. The number of amides is 2. The molecule has 2 aromatic heterocycles. The number of hydrogen-bond acceptors (Lipinski definition) is 5. The van der Waals surface area contributed by atoms with Crippen molar-refractivity contribution in [3.05, 3.63) is 42.4 Å². The first-order chi connectivity index (χ1) is 13.6. The maximum absolute atomic E-state index is 12.2. The third kappa shape index (κ3) is 3.89. The first-order valence-electron chi connectivity index (χ1n) is 9.33. The molecular weight excluding hydrogens is 358 g/mol. The van der Waals surface area contributed by atoms with Gasteiger partial charge in [-0.15, -0.1) is 0 Å². The zero-order valence-electron chi connectivity index (χ0n) is 15.7. The highest BCUT2D eigenvalue weighted by Crippen LogP contribution is 2.22. The molecule has 0 saturated carbocycles. The number of benzene rings is 1. The summed E-state index contributed by atoms with van der Waals surface area (Å²) in [5.74, 6) is -1.39. The lowest BCUT2D eigenvalue weighted by atomic mass is 10.1. The molecule has 0 radical (unpaired) electrons. The zero-order valence-corrected chi connectivity index (χ0v) is 15.7. The number of nitrogens with zero attached hydrogens (tertiary/aromatic N) is 4. The number of aromatic nitrogens is 4. The predicted octanol–water partition coefficient (Wildman–Crippen LogP) is 1.28. The second-order valence-corrected chi connectivity index (χ2v) is 7.13. The zero-order chi connectivity index (χ0) is 19.5. The van der Waals surface area contributed by atoms with E-state index in [0.29, 0.717) is 11.7 Å². The number of carbonyl (C=O) groups is 2. The number of H-pyrrole nitrogens is 1. The van der Waals surface area contributed by atoms with Crippen molar-refractivity contribution in [2.24, 2.45) is 0 Å². The Labute approximate surface area is 162 Å². The number of anilines is 1. The lowest BCUT2D eigenvalue weighted by Crippen LogP contribution is -2.35. The number of aromatic amines is 1. The van der Waals surface area contributed by atoms with E-state index in [0.717, 1.165) is 42.4 Å². The Morgan fingerprint density at radius 3 is 2.86 bits per heavy atom. The first kappa shape index (κ1) is 18.2. The summed E-state index contributed by atoms with van der Waals surface area (Å²) in [6, 6.07) is 6.00. The van der Waals surface area contributed by atoms with Gasteiger partial charge in [0.15, 0.2) is 0 Å². The van der Waals surface area contributed by atoms with Crippen LogP contribution in [0.25, 0.3) is 10.9 Å². The highest BCUT2D eigenvalue weighted by molar-refractivity contribution is 6.39. The Morgan fingerprint density at radius 2 is 2.04 bits per heavy atom. The van der Waals surface area contributed by atoms with Crippen LogP contribution < -0.4 is 10.6 Å². The number of rotatable bonds is 4. The molecule has 0 atom stereocenters. The third-order valence-electron chi connectivity index (χ3n) is 5.14. The van der Waals surface area contributed by atoms with Crippen LogP contribution in [0.3, 0.4) is 0 Å². The number of fused-ring (bicyclic) bond motifs is 1. The lowest BCUT2D eigenvalue weighted by molar-refractivity contribution is -0.136. The molecule has 3 N–H and O–H groups in total. The lowest BCUT2D eigenvalue weighted by Gasteiger charge is -2.28. The number of carbonyl (C=O) groups excluding carboxylic acids is 2. The molecular formula is C19H23N7O2. The molecule has 1 fully saturated rings. The van der Waals surface area contributed by atoms with Crippen LogP contribution >= 0.6 is 0 Å². The molecule has 1 aromatic carbocycles. The van der Waals surface area contributed by atoms with Gasteiger partial charge in [0.25, 0.3) is 0 Å². The van der Waals surface area contributed by atoms with Crippen LogP contribution in [0.15, 0.2) is 36.8 Å². The average Bonchev–Trinajstić information content (AvgIpc) is 3.36. The van der Waals surface area contributed by atoms with Gasteiger partial charge in [-0.1, -0.05) is 12.1 Å². The summed E-state index contributed by atoms with van der Waals surface area (Å²) in [5.41, 5.74) is 2.30. The predicted molar refractivity (Wildman–Crippen MR) is 105 cm³/mol. The molecule has 3 aromatic rings. The van der Waals surface area contributed by atoms with E-state index in [4.69, 9.17) is 0 Å². The molecule has 1 aliphatic heterocycles. The van der Waals surface area contributed by atoms with Crippen LogP contribution in [0.5, 0.6) is 0 Å². The Balaban J connectivity index is 1.32. The molecule has 9 heteroatoms. The number of piperidine rings is 1. The Hall–Kier alpha value is -3.20. The molecule has 146 valence electrons. The summed E-state index contributed by atoms with van der Waals surface area (Å²) in [7, 11) is 2.11. The van der Waals surface area contributed by atoms with Crippen LogP contribution in [0.4, 0.5) is 5.69 Å². The maximum Gasteiger partial charge on any atom is 0.313 e. The summed E-state index contributed by atoms with van der Waals surface area (Å²) >= 11 is 0. The second-order valence-electron chi connectivity index (χ2n) is 7.13. The quantitative estimate of drug-likeness (QED) is 0.590. The summed E-state index contributed by atoms with van der Waals surface area (Å²) in [6.45, 7) is 2.30. The number of hydrogen-bond donors (Lipinski definition) is 3. The van der Waals surface area contributed by atoms with Gasteiger partial charge in [0.2, 0.25) is 0 Å². The fraction of sp³-hybridized carbons (Fsp3) is 0.368. The Morgan fingerprint density at radius 1 is 1.21 bits per heavy atom. The van der Waals surface area contributed by atoms with Gasteiger partial charge in [-0.25, -0.2) is 0 Å². The Bertz CT molecular complexity index is 985. The number of nitrogens with one attached hydrogen (secondary N) is 3. The van der Waals surface area contributed by atoms with Crippen LogP contribution in [-0.2, 0) is 16.1 Å². The van der Waals surface area contributed by atoms with Gasteiger partial charge < -0.3 is 15.5 Å². The van der Waals surface area contributed by atoms with Crippen molar-refractivity contribution in [3.8, 4) is 0 Å². The minimum Gasteiger partial charge on any atom is -0.344 e. The van der Waals surface area contributed by atoms with E-state index in [-0.39, 0.29) is 6.54 Å². The molecule has 1 aliphatic rings. The van der Waals surface area contributed by atoms with E-state index in [2.05, 4.69) is 37.9 Å². The van der Waals surface area contributed by atoms with Gasteiger partial charge in [-0.2, -0.15) is 10.2 Å². The highest BCUT2D eigenvalue weighted by Gasteiger charge is 2.20. The van der Waals surface area contributed by atoms with Gasteiger partial charge in [-0.05, 0) is 44.6 Å². The van der Waals surface area contributed by atoms with E-state index in [1.165, 1.54) is 0 Å². The van der Waals surface area contributed by atoms with Crippen LogP contribution in [-0.4, -0.2) is 56.8 Å². The van der Waals surface area contributed by atoms with Gasteiger partial charge in [-0.3, -0.25) is 19.4 Å². The van der Waals surface area contributed by atoms with E-state index in [1.54, 1.807) is 18.6 Å². The van der Waals surface area contributed by atoms with Crippen molar-refractivity contribution in [3.63, 3.8) is 0 Å². The Kier molecular flexibility index (Phi) is 5.07. The fourth-order valence-electron chi connectivity index (χ4n) is 3.49. The molecule has 28 heavy (non-hydrogen) atoms. The van der Waals surface area contributed by atoms with Crippen molar-refractivity contribution in [1.29, 1.82) is 0 Å². The van der Waals surface area contributed by atoms with Gasteiger partial charge >= 0.3 is 11.8 Å². The van der Waals surface area contributed by atoms with E-state index in [9.17, 15) is 9.59 Å². The van der Waals surface area contributed by atoms with Crippen molar-refractivity contribution < 1.29 is 9.59 Å². The van der Waals surface area contributed by atoms with E-state index in [1.807, 2.05) is 22.9 Å². The SMILES string of the molecule is CN1CCC(n2cc(NC(=O)C(=O)NCc3cccc4[nH]ncc34)cn2)CC1. The molecule has 3 heterocycles. The largest absolute Gasteiger partial charge is 0.344 e. The molecule has 0 spiro atoms. The molecule has 0 unspecified atom stereocenters. The molecule has 0 bridgehead atoms. The molecule has 2 amide bonds. The van der Waals surface area contributed by atoms with Crippen molar-refractivity contribution in [2.75, 3.05) is 25.5 Å². The van der Waals surface area contributed by atoms with Gasteiger partial charge in [0.05, 0.1) is 29.6 Å². The summed E-state index contributed by atoms with van der Waals surface area (Å²) in [4.78, 5) is 26.6. The summed E-state index contributed by atoms with van der Waals surface area (Å²) in [6.07, 6.45) is 7.11. The molecule has 9 nitrogen and oxygen atoms in total. The van der Waals surface area contributed by atoms with Crippen LogP contribution in [0.1, 0.15) is 24.4 Å². The molecule has 4 rings (SSSR count). The van der Waals surface area contributed by atoms with Crippen LogP contribution in [0.2, 0.25) is 0 Å². The molecule has 1 saturated heterocycles. The van der Waals surface area contributed by atoms with Crippen molar-refractivity contribution in [2.45, 2.75) is 25.4 Å². The van der Waals surface area contributed by atoms with Crippen LogP contribution in [0, 0.1) is 0 Å². The van der Waals surface area contributed by atoms with Crippen molar-refractivity contribution >= 4 is 28.4 Å². The standard InChI is InChI=1S/C19H23N7O2/c1-25-7-5-15(6-8-25)26-12-14(10-22-26)23-19(28)18(27)20-9-13-3-2-4-17-16(13)11-21-24-17/h2-4,10-12,15H,5-9H2,1H3,(H,20,27)(H,21,24)(H,23,28). The fourth-order valence-corrected chi connectivity index (χ4v) is 3.49.